The van der Waals surface area contributed by atoms with Crippen LogP contribution in [-0.2, 0) is 9.57 Å². The molecule has 2 unspecified atom stereocenters. The van der Waals surface area contributed by atoms with Gasteiger partial charge in [0.1, 0.15) is 0 Å². The minimum atomic E-state index is 0.0678. The number of oxime groups is 1. The van der Waals surface area contributed by atoms with Crippen molar-refractivity contribution in [2.75, 3.05) is 60.0 Å². The van der Waals surface area contributed by atoms with E-state index in [1.807, 2.05) is 0 Å². The third kappa shape index (κ3) is 4.39. The van der Waals surface area contributed by atoms with Crippen LogP contribution in [0.1, 0.15) is 25.7 Å². The van der Waals surface area contributed by atoms with Crippen LogP contribution in [0.4, 0.5) is 0 Å². The van der Waals surface area contributed by atoms with E-state index >= 15 is 0 Å². The quantitative estimate of drug-likeness (QED) is 0.769. The molecule has 6 nitrogen and oxygen atoms in total. The van der Waals surface area contributed by atoms with Gasteiger partial charge in [0.05, 0.1) is 24.8 Å². The number of hydrogen-bond acceptors (Lipinski definition) is 6. The van der Waals surface area contributed by atoms with Gasteiger partial charge in [-0.3, -0.25) is 0 Å². The Labute approximate surface area is 163 Å². The zero-order valence-corrected chi connectivity index (χ0v) is 16.8. The molecular weight excluding hydrogens is 340 g/mol. The van der Waals surface area contributed by atoms with Crippen LogP contribution in [0.15, 0.2) is 28.6 Å². The molecule has 6 heteroatoms. The first-order valence-electron chi connectivity index (χ1n) is 10.5. The first-order chi connectivity index (χ1) is 13.2. The van der Waals surface area contributed by atoms with Crippen molar-refractivity contribution in [1.29, 1.82) is 0 Å². The number of hydrogen-bond donors (Lipinski definition) is 1. The summed E-state index contributed by atoms with van der Waals surface area (Å²) in [5, 5.41) is 8.01. The van der Waals surface area contributed by atoms with E-state index < -0.39 is 0 Å². The van der Waals surface area contributed by atoms with Crippen molar-refractivity contribution < 1.29 is 9.57 Å². The minimum absolute atomic E-state index is 0.0678. The molecule has 150 valence electrons. The summed E-state index contributed by atoms with van der Waals surface area (Å²) in [4.78, 5) is 10.7. The molecule has 2 saturated heterocycles. The molecule has 0 aromatic carbocycles. The second kappa shape index (κ2) is 8.76. The fraction of sp³-hybridized carbons (Fsp3) is 0.762. The predicted molar refractivity (Wildman–Crippen MR) is 108 cm³/mol. The van der Waals surface area contributed by atoms with Gasteiger partial charge in [-0.15, -0.1) is 0 Å². The third-order valence-electron chi connectivity index (χ3n) is 6.23. The molecule has 1 aliphatic carbocycles. The Morgan fingerprint density at radius 3 is 2.74 bits per heavy atom. The highest BCUT2D eigenvalue weighted by Gasteiger charge is 2.39. The largest absolute Gasteiger partial charge is 0.387 e. The Balaban J connectivity index is 1.45. The van der Waals surface area contributed by atoms with Crippen LogP contribution in [0.2, 0.25) is 0 Å². The molecule has 27 heavy (non-hydrogen) atoms. The topological polar surface area (TPSA) is 49.3 Å². The molecule has 2 atom stereocenters. The third-order valence-corrected chi connectivity index (χ3v) is 6.23. The minimum Gasteiger partial charge on any atom is -0.387 e. The second-order valence-electron chi connectivity index (χ2n) is 8.47. The molecule has 0 bridgehead atoms. The number of rotatable bonds is 6. The van der Waals surface area contributed by atoms with Crippen LogP contribution in [-0.4, -0.2) is 81.6 Å². The Kier molecular flexibility index (Phi) is 6.15. The van der Waals surface area contributed by atoms with Gasteiger partial charge in [0.25, 0.3) is 0 Å². The predicted octanol–water partition coefficient (Wildman–Crippen LogP) is 1.85. The van der Waals surface area contributed by atoms with Gasteiger partial charge in [0, 0.05) is 30.9 Å². The van der Waals surface area contributed by atoms with Crippen LogP contribution in [0.25, 0.3) is 0 Å². The monoisotopic (exact) mass is 374 g/mol. The Hall–Kier alpha value is -1.37. The molecule has 1 N–H and O–H groups in total. The maximum absolute atomic E-state index is 6.03. The van der Waals surface area contributed by atoms with Crippen LogP contribution >= 0.6 is 0 Å². The van der Waals surface area contributed by atoms with E-state index in [4.69, 9.17) is 9.57 Å². The van der Waals surface area contributed by atoms with E-state index in [0.717, 1.165) is 58.3 Å². The number of nitrogens with zero attached hydrogens (tertiary/aromatic N) is 3. The molecule has 3 heterocycles. The highest BCUT2D eigenvalue weighted by Crippen LogP contribution is 2.36. The smallest absolute Gasteiger partial charge is 0.163 e. The average Bonchev–Trinajstić information content (AvgIpc) is 3.11. The zero-order valence-electron chi connectivity index (χ0n) is 16.8. The lowest BCUT2D eigenvalue weighted by Gasteiger charge is -2.36. The molecule has 0 aromatic heterocycles. The summed E-state index contributed by atoms with van der Waals surface area (Å²) in [7, 11) is 4.26. The SMILES string of the molecule is CN(C)CC1=C(N2CCOCC2)C=CC2C(CCC3CCNCC3)=NOC12. The molecule has 0 radical (unpaired) electrons. The first kappa shape index (κ1) is 19.0. The van der Waals surface area contributed by atoms with Gasteiger partial charge in [0.15, 0.2) is 6.10 Å². The number of ether oxygens (including phenoxy) is 1. The lowest BCUT2D eigenvalue weighted by molar-refractivity contribution is 0.0495. The maximum atomic E-state index is 6.03. The number of allylic oxidation sites excluding steroid dienone is 1. The maximum Gasteiger partial charge on any atom is 0.163 e. The van der Waals surface area contributed by atoms with E-state index in [2.05, 4.69) is 46.5 Å². The van der Waals surface area contributed by atoms with E-state index in [0.29, 0.717) is 5.92 Å². The van der Waals surface area contributed by atoms with Crippen molar-refractivity contribution in [2.45, 2.75) is 31.8 Å². The Morgan fingerprint density at radius 2 is 2.00 bits per heavy atom. The summed E-state index contributed by atoms with van der Waals surface area (Å²) in [5.74, 6) is 1.15. The standard InChI is InChI=1S/C21H34N4O2/c1-24(2)15-18-20(25-11-13-26-14-12-25)6-4-17-19(23-27-21(17)18)5-3-16-7-9-22-10-8-16/h4,6,16-17,21-22H,3,5,7-15H2,1-2H3. The van der Waals surface area contributed by atoms with Crippen molar-refractivity contribution in [3.05, 3.63) is 23.4 Å². The fourth-order valence-corrected chi connectivity index (χ4v) is 4.72. The van der Waals surface area contributed by atoms with Gasteiger partial charge in [-0.05, 0) is 64.9 Å². The van der Waals surface area contributed by atoms with Crippen molar-refractivity contribution in [2.24, 2.45) is 17.0 Å². The number of nitrogens with one attached hydrogen (secondary N) is 1. The van der Waals surface area contributed by atoms with Gasteiger partial charge >= 0.3 is 0 Å². The summed E-state index contributed by atoms with van der Waals surface area (Å²) >= 11 is 0. The molecule has 0 amide bonds. The number of morpholine rings is 1. The highest BCUT2D eigenvalue weighted by molar-refractivity contribution is 5.90. The molecular formula is C21H34N4O2. The van der Waals surface area contributed by atoms with E-state index in [9.17, 15) is 0 Å². The summed E-state index contributed by atoms with van der Waals surface area (Å²) in [6, 6.07) is 0. The Morgan fingerprint density at radius 1 is 1.22 bits per heavy atom. The van der Waals surface area contributed by atoms with Crippen molar-refractivity contribution in [3.63, 3.8) is 0 Å². The molecule has 0 aromatic rings. The molecule has 3 aliphatic heterocycles. The average molecular weight is 375 g/mol. The molecule has 4 aliphatic rings. The molecule has 0 spiro atoms. The Bertz CT molecular complexity index is 601. The van der Waals surface area contributed by atoms with Gasteiger partial charge in [0.2, 0.25) is 0 Å². The number of piperidine rings is 1. The van der Waals surface area contributed by atoms with E-state index in [-0.39, 0.29) is 6.10 Å². The first-order valence-corrected chi connectivity index (χ1v) is 10.5. The summed E-state index contributed by atoms with van der Waals surface area (Å²) < 4.78 is 5.54. The number of fused-ring (bicyclic) bond motifs is 1. The van der Waals surface area contributed by atoms with Gasteiger partial charge in [-0.25, -0.2) is 0 Å². The summed E-state index contributed by atoms with van der Waals surface area (Å²) in [5.41, 5.74) is 3.94. The second-order valence-corrected chi connectivity index (χ2v) is 8.47. The molecule has 2 fully saturated rings. The van der Waals surface area contributed by atoms with E-state index in [1.54, 1.807) is 0 Å². The van der Waals surface area contributed by atoms with Crippen LogP contribution in [0.3, 0.4) is 0 Å². The van der Waals surface area contributed by atoms with Crippen LogP contribution in [0, 0.1) is 11.8 Å². The van der Waals surface area contributed by atoms with Crippen molar-refractivity contribution in [1.82, 2.24) is 15.1 Å². The molecule has 4 rings (SSSR count). The van der Waals surface area contributed by atoms with Gasteiger partial charge in [-0.2, -0.15) is 0 Å². The normalized spacial score (nSPS) is 29.1. The number of likely N-dealkylation sites (N-methyl/N-ethyl adjacent to an activating group) is 1. The lowest BCUT2D eigenvalue weighted by Crippen LogP contribution is -2.40. The fourth-order valence-electron chi connectivity index (χ4n) is 4.72. The lowest BCUT2D eigenvalue weighted by atomic mass is 9.82. The van der Waals surface area contributed by atoms with Gasteiger partial charge < -0.3 is 24.7 Å². The zero-order chi connectivity index (χ0) is 18.6. The van der Waals surface area contributed by atoms with Crippen LogP contribution < -0.4 is 5.32 Å². The van der Waals surface area contributed by atoms with E-state index in [1.165, 1.54) is 36.2 Å². The summed E-state index contributed by atoms with van der Waals surface area (Å²) in [6.45, 7) is 6.76. The van der Waals surface area contributed by atoms with Crippen molar-refractivity contribution in [3.8, 4) is 0 Å². The highest BCUT2D eigenvalue weighted by atomic mass is 16.6. The molecule has 0 saturated carbocycles. The van der Waals surface area contributed by atoms with Gasteiger partial charge in [-0.1, -0.05) is 11.2 Å². The van der Waals surface area contributed by atoms with Crippen LogP contribution in [0.5, 0.6) is 0 Å². The van der Waals surface area contributed by atoms with Crippen molar-refractivity contribution >= 4 is 5.71 Å². The summed E-state index contributed by atoms with van der Waals surface area (Å²) in [6.07, 6.45) is 9.62.